The average Bonchev–Trinajstić information content (AvgIpc) is 2.40. The van der Waals surface area contributed by atoms with Crippen molar-refractivity contribution in [1.29, 1.82) is 0 Å². The maximum atomic E-state index is 2.25. The van der Waals surface area contributed by atoms with Crippen molar-refractivity contribution in [3.05, 3.63) is 66.2 Å². The Bertz CT molecular complexity index is 422. The van der Waals surface area contributed by atoms with Gasteiger partial charge in [-0.15, -0.1) is 11.8 Å². The molecule has 0 fully saturated rings. The van der Waals surface area contributed by atoms with Crippen LogP contribution in [-0.2, 0) is 0 Å². The van der Waals surface area contributed by atoms with Gasteiger partial charge in [-0.05, 0) is 24.1 Å². The summed E-state index contributed by atoms with van der Waals surface area (Å²) >= 11 is 1.97. The van der Waals surface area contributed by atoms with Gasteiger partial charge in [0.2, 0.25) is 0 Å². The molecule has 0 N–H and O–H groups in total. The second-order valence-corrected chi connectivity index (χ2v) is 5.40. The minimum Gasteiger partial charge on any atom is -0.118 e. The Balaban J connectivity index is 2.13. The molecule has 0 bridgehead atoms. The molecule has 0 heterocycles. The van der Waals surface area contributed by atoms with Gasteiger partial charge in [0.15, 0.2) is 0 Å². The van der Waals surface area contributed by atoms with Crippen LogP contribution < -0.4 is 0 Å². The van der Waals surface area contributed by atoms with Crippen LogP contribution in [0, 0.1) is 0 Å². The second-order valence-electron chi connectivity index (χ2n) is 4.12. The number of hydrogen-bond acceptors (Lipinski definition) is 1. The topological polar surface area (TPSA) is 0 Å². The summed E-state index contributed by atoms with van der Waals surface area (Å²) in [7, 11) is 0. The Kier molecular flexibility index (Phi) is 4.69. The highest BCUT2D eigenvalue weighted by Crippen LogP contribution is 2.38. The van der Waals surface area contributed by atoms with Gasteiger partial charge in [-0.1, -0.05) is 61.9 Å². The van der Waals surface area contributed by atoms with Crippen LogP contribution in [0.1, 0.15) is 30.6 Å². The van der Waals surface area contributed by atoms with Crippen molar-refractivity contribution in [2.24, 2.45) is 0 Å². The van der Waals surface area contributed by atoms with Gasteiger partial charge in [-0.25, -0.2) is 0 Å². The van der Waals surface area contributed by atoms with Crippen LogP contribution in [0.4, 0.5) is 0 Å². The van der Waals surface area contributed by atoms with Gasteiger partial charge in [0, 0.05) is 10.1 Å². The predicted molar refractivity (Wildman–Crippen MR) is 76.4 cm³/mol. The van der Waals surface area contributed by atoms with Gasteiger partial charge < -0.3 is 0 Å². The zero-order valence-corrected chi connectivity index (χ0v) is 11.0. The Labute approximate surface area is 108 Å². The Hall–Kier alpha value is -1.21. The van der Waals surface area contributed by atoms with Crippen molar-refractivity contribution < 1.29 is 0 Å². The van der Waals surface area contributed by atoms with E-state index in [0.29, 0.717) is 5.25 Å². The monoisotopic (exact) mass is 242 g/mol. The maximum Gasteiger partial charge on any atom is 0.0344 e. The quantitative estimate of drug-likeness (QED) is 0.639. The van der Waals surface area contributed by atoms with E-state index in [1.165, 1.54) is 23.3 Å². The van der Waals surface area contributed by atoms with Crippen LogP contribution >= 0.6 is 11.8 Å². The highest BCUT2D eigenvalue weighted by molar-refractivity contribution is 7.99. The summed E-state index contributed by atoms with van der Waals surface area (Å²) in [6.07, 6.45) is 2.45. The lowest BCUT2D eigenvalue weighted by Gasteiger charge is -2.16. The molecule has 2 aromatic carbocycles. The molecular formula is C16H18S. The molecule has 0 aliphatic heterocycles. The lowest BCUT2D eigenvalue weighted by molar-refractivity contribution is 0.778. The number of benzene rings is 2. The molecule has 0 spiro atoms. The zero-order valence-electron chi connectivity index (χ0n) is 10.2. The van der Waals surface area contributed by atoms with E-state index >= 15 is 0 Å². The van der Waals surface area contributed by atoms with Crippen molar-refractivity contribution in [1.82, 2.24) is 0 Å². The first-order chi connectivity index (χ1) is 8.40. The lowest BCUT2D eigenvalue weighted by Crippen LogP contribution is -1.93. The molecule has 2 rings (SSSR count). The Morgan fingerprint density at radius 3 is 2.06 bits per heavy atom. The van der Waals surface area contributed by atoms with Crippen LogP contribution in [-0.4, -0.2) is 0 Å². The van der Waals surface area contributed by atoms with Gasteiger partial charge in [-0.2, -0.15) is 0 Å². The van der Waals surface area contributed by atoms with E-state index in [2.05, 4.69) is 67.6 Å². The normalized spacial score (nSPS) is 12.3. The van der Waals surface area contributed by atoms with E-state index in [4.69, 9.17) is 0 Å². The van der Waals surface area contributed by atoms with Crippen molar-refractivity contribution in [2.75, 3.05) is 0 Å². The summed E-state index contributed by atoms with van der Waals surface area (Å²) in [5.41, 5.74) is 1.43. The predicted octanol–water partition coefficient (Wildman–Crippen LogP) is 5.32. The molecule has 0 amide bonds. The van der Waals surface area contributed by atoms with E-state index in [0.717, 1.165) is 0 Å². The molecule has 1 heteroatoms. The average molecular weight is 242 g/mol. The molecule has 0 radical (unpaired) electrons. The summed E-state index contributed by atoms with van der Waals surface area (Å²) < 4.78 is 0. The summed E-state index contributed by atoms with van der Waals surface area (Å²) in [5.74, 6) is 0. The second kappa shape index (κ2) is 6.51. The first-order valence-corrected chi connectivity index (χ1v) is 7.04. The number of hydrogen-bond donors (Lipinski definition) is 0. The summed E-state index contributed by atoms with van der Waals surface area (Å²) in [4.78, 5) is 1.36. The summed E-state index contributed by atoms with van der Waals surface area (Å²) in [5, 5.41) is 0.573. The van der Waals surface area contributed by atoms with Crippen LogP contribution in [0.15, 0.2) is 65.6 Å². The summed E-state index contributed by atoms with van der Waals surface area (Å²) in [6, 6.07) is 21.5. The van der Waals surface area contributed by atoms with Crippen LogP contribution in [0.25, 0.3) is 0 Å². The van der Waals surface area contributed by atoms with Crippen molar-refractivity contribution in [2.45, 2.75) is 29.9 Å². The molecule has 0 aromatic heterocycles. The zero-order chi connectivity index (χ0) is 11.9. The molecule has 0 nitrogen and oxygen atoms in total. The largest absolute Gasteiger partial charge is 0.118 e. The highest BCUT2D eigenvalue weighted by atomic mass is 32.2. The number of thioether (sulfide) groups is 1. The first-order valence-electron chi connectivity index (χ1n) is 6.17. The fourth-order valence-corrected chi connectivity index (χ4v) is 3.18. The van der Waals surface area contributed by atoms with Crippen LogP contribution in [0.3, 0.4) is 0 Å². The third-order valence-electron chi connectivity index (χ3n) is 2.74. The third-order valence-corrected chi connectivity index (χ3v) is 4.08. The Morgan fingerprint density at radius 1 is 0.882 bits per heavy atom. The smallest absolute Gasteiger partial charge is 0.0344 e. The van der Waals surface area contributed by atoms with E-state index in [1.54, 1.807) is 0 Å². The number of rotatable bonds is 5. The molecule has 1 atom stereocenters. The highest BCUT2D eigenvalue weighted by Gasteiger charge is 2.11. The SMILES string of the molecule is CCCC(Sc1ccccc1)c1ccccc1. The Morgan fingerprint density at radius 2 is 1.47 bits per heavy atom. The van der Waals surface area contributed by atoms with E-state index < -0.39 is 0 Å². The molecule has 0 aliphatic carbocycles. The van der Waals surface area contributed by atoms with Gasteiger partial charge in [0.25, 0.3) is 0 Å². The van der Waals surface area contributed by atoms with Crippen molar-refractivity contribution in [3.63, 3.8) is 0 Å². The molecule has 88 valence electrons. The third kappa shape index (κ3) is 3.64. The fraction of sp³-hybridized carbons (Fsp3) is 0.250. The standard InChI is InChI=1S/C16H18S/c1-2-9-16(14-10-5-3-6-11-14)17-15-12-7-4-8-13-15/h3-8,10-13,16H,2,9H2,1H3. The lowest BCUT2D eigenvalue weighted by atomic mass is 10.1. The van der Waals surface area contributed by atoms with Crippen molar-refractivity contribution >= 4 is 11.8 Å². The summed E-state index contributed by atoms with van der Waals surface area (Å²) in [6.45, 7) is 2.25. The van der Waals surface area contributed by atoms with Crippen LogP contribution in [0.2, 0.25) is 0 Å². The van der Waals surface area contributed by atoms with E-state index in [-0.39, 0.29) is 0 Å². The van der Waals surface area contributed by atoms with Crippen LogP contribution in [0.5, 0.6) is 0 Å². The minimum absolute atomic E-state index is 0.573. The molecule has 0 aliphatic rings. The van der Waals surface area contributed by atoms with Gasteiger partial charge in [0.05, 0.1) is 0 Å². The molecule has 2 aromatic rings. The molecule has 1 unspecified atom stereocenters. The molecule has 17 heavy (non-hydrogen) atoms. The van der Waals surface area contributed by atoms with E-state index in [9.17, 15) is 0 Å². The molecule has 0 saturated heterocycles. The van der Waals surface area contributed by atoms with Gasteiger partial charge in [0.1, 0.15) is 0 Å². The minimum atomic E-state index is 0.573. The van der Waals surface area contributed by atoms with E-state index in [1.807, 2.05) is 11.8 Å². The molecule has 0 saturated carbocycles. The molecular weight excluding hydrogens is 224 g/mol. The first kappa shape index (κ1) is 12.3. The maximum absolute atomic E-state index is 2.25. The fourth-order valence-electron chi connectivity index (χ4n) is 1.89. The van der Waals surface area contributed by atoms with Gasteiger partial charge >= 0.3 is 0 Å². The van der Waals surface area contributed by atoms with Gasteiger partial charge in [-0.3, -0.25) is 0 Å². The van der Waals surface area contributed by atoms with Crippen molar-refractivity contribution in [3.8, 4) is 0 Å².